The molecule has 1 nitrogen and oxygen atoms in total. The molecule has 0 amide bonds. The zero-order valence-electron chi connectivity index (χ0n) is 15.4. The quantitative estimate of drug-likeness (QED) is 0.568. The summed E-state index contributed by atoms with van der Waals surface area (Å²) in [5, 5.41) is 2.81. The molecule has 0 N–H and O–H groups in total. The van der Waals surface area contributed by atoms with Gasteiger partial charge in [0.2, 0.25) is 0 Å². The van der Waals surface area contributed by atoms with Gasteiger partial charge in [-0.25, -0.2) is 0 Å². The summed E-state index contributed by atoms with van der Waals surface area (Å²) in [6.45, 7) is 3.29. The zero-order chi connectivity index (χ0) is 17.5. The van der Waals surface area contributed by atoms with Gasteiger partial charge in [0, 0.05) is 18.6 Å². The number of hydrogen-bond acceptors (Lipinski definition) is 1. The van der Waals surface area contributed by atoms with Crippen LogP contribution in [0, 0.1) is 6.92 Å². The Morgan fingerprint density at radius 2 is 1.62 bits per heavy atom. The summed E-state index contributed by atoms with van der Waals surface area (Å²) in [5.41, 5.74) is 5.80. The maximum absolute atomic E-state index is 2.72. The molecule has 130 valence electrons. The van der Waals surface area contributed by atoms with Gasteiger partial charge in [0.1, 0.15) is 0 Å². The smallest absolute Gasteiger partial charge is 0.0291 e. The van der Waals surface area contributed by atoms with Gasteiger partial charge in [-0.05, 0) is 59.2 Å². The lowest BCUT2D eigenvalue weighted by atomic mass is 9.89. The third kappa shape index (κ3) is 2.68. The molecule has 1 saturated heterocycles. The van der Waals surface area contributed by atoms with Gasteiger partial charge < -0.3 is 0 Å². The highest BCUT2D eigenvalue weighted by molar-refractivity contribution is 5.96. The first-order valence-corrected chi connectivity index (χ1v) is 9.79. The fraction of sp³-hybridized carbons (Fsp3) is 0.280. The lowest BCUT2D eigenvalue weighted by Gasteiger charge is -2.34. The lowest BCUT2D eigenvalue weighted by molar-refractivity contribution is 0.203. The molecular weight excluding hydrogens is 314 g/mol. The van der Waals surface area contributed by atoms with E-state index in [1.807, 2.05) is 0 Å². The molecule has 0 aliphatic carbocycles. The third-order valence-electron chi connectivity index (χ3n) is 6.24. The molecule has 0 spiro atoms. The molecule has 3 aromatic carbocycles. The summed E-state index contributed by atoms with van der Waals surface area (Å²) < 4.78 is 0. The minimum Gasteiger partial charge on any atom is -0.289 e. The fourth-order valence-corrected chi connectivity index (χ4v) is 4.89. The molecule has 2 bridgehead atoms. The summed E-state index contributed by atoms with van der Waals surface area (Å²) in [6.07, 6.45) is 6.35. The highest BCUT2D eigenvalue weighted by Crippen LogP contribution is 2.41. The van der Waals surface area contributed by atoms with Gasteiger partial charge in [-0.1, -0.05) is 72.8 Å². The van der Waals surface area contributed by atoms with E-state index in [1.54, 1.807) is 5.57 Å². The Hall–Kier alpha value is -2.38. The van der Waals surface area contributed by atoms with E-state index in [9.17, 15) is 0 Å². The molecule has 0 aromatic heterocycles. The Balaban J connectivity index is 1.50. The molecule has 2 aliphatic heterocycles. The Kier molecular flexibility index (Phi) is 3.90. The molecule has 0 radical (unpaired) electrons. The van der Waals surface area contributed by atoms with Crippen LogP contribution in [0.4, 0.5) is 0 Å². The summed E-state index contributed by atoms with van der Waals surface area (Å²) >= 11 is 0. The van der Waals surface area contributed by atoms with Crippen molar-refractivity contribution < 1.29 is 0 Å². The largest absolute Gasteiger partial charge is 0.289 e. The van der Waals surface area contributed by atoms with Gasteiger partial charge in [0.25, 0.3) is 0 Å². The van der Waals surface area contributed by atoms with Crippen LogP contribution in [0.2, 0.25) is 0 Å². The van der Waals surface area contributed by atoms with E-state index in [0.717, 1.165) is 6.54 Å². The molecule has 2 heterocycles. The van der Waals surface area contributed by atoms with E-state index < -0.39 is 0 Å². The van der Waals surface area contributed by atoms with Crippen molar-refractivity contribution in [3.8, 4) is 0 Å². The van der Waals surface area contributed by atoms with Crippen LogP contribution in [0.15, 0.2) is 72.8 Å². The van der Waals surface area contributed by atoms with Gasteiger partial charge in [-0.2, -0.15) is 0 Å². The van der Waals surface area contributed by atoms with Gasteiger partial charge in [-0.15, -0.1) is 0 Å². The first-order valence-electron chi connectivity index (χ1n) is 9.79. The van der Waals surface area contributed by atoms with Crippen LogP contribution >= 0.6 is 0 Å². The van der Waals surface area contributed by atoms with Crippen LogP contribution < -0.4 is 0 Å². The lowest BCUT2D eigenvalue weighted by Crippen LogP contribution is -2.37. The molecule has 2 aliphatic rings. The van der Waals surface area contributed by atoms with E-state index >= 15 is 0 Å². The van der Waals surface area contributed by atoms with Crippen molar-refractivity contribution in [1.82, 2.24) is 4.90 Å². The van der Waals surface area contributed by atoms with Crippen LogP contribution in [-0.2, 0) is 6.54 Å². The van der Waals surface area contributed by atoms with Crippen molar-refractivity contribution in [2.75, 3.05) is 0 Å². The molecule has 1 heteroatoms. The molecule has 1 fully saturated rings. The average molecular weight is 339 g/mol. The molecule has 26 heavy (non-hydrogen) atoms. The van der Waals surface area contributed by atoms with E-state index in [1.165, 1.54) is 46.7 Å². The van der Waals surface area contributed by atoms with Crippen molar-refractivity contribution >= 4 is 16.3 Å². The van der Waals surface area contributed by atoms with Crippen molar-refractivity contribution in [2.24, 2.45) is 0 Å². The van der Waals surface area contributed by atoms with E-state index in [0.29, 0.717) is 12.1 Å². The molecular formula is C25H25N. The standard InChI is InChI=1S/C25H25N/c1-18-11-14-24(25-10-6-5-9-23(18)25)20-15-21-12-13-22(16-20)26(21)17-19-7-3-2-4-8-19/h2-11,14-15,21-22H,12-13,16-17H2,1H3. The van der Waals surface area contributed by atoms with Crippen molar-refractivity contribution in [3.63, 3.8) is 0 Å². The van der Waals surface area contributed by atoms with E-state index in [2.05, 4.69) is 84.6 Å². The zero-order valence-corrected chi connectivity index (χ0v) is 15.4. The molecule has 2 unspecified atom stereocenters. The monoisotopic (exact) mass is 339 g/mol. The summed E-state index contributed by atoms with van der Waals surface area (Å²) in [6, 6.07) is 25.7. The number of hydrogen-bond donors (Lipinski definition) is 0. The number of aryl methyl sites for hydroxylation is 1. The Morgan fingerprint density at radius 1 is 0.846 bits per heavy atom. The number of nitrogens with zero attached hydrogens (tertiary/aromatic N) is 1. The van der Waals surface area contributed by atoms with Crippen LogP contribution in [0.1, 0.15) is 36.0 Å². The van der Waals surface area contributed by atoms with Gasteiger partial charge in [-0.3, -0.25) is 4.90 Å². The maximum Gasteiger partial charge on any atom is 0.0291 e. The minimum atomic E-state index is 0.587. The summed E-state index contributed by atoms with van der Waals surface area (Å²) in [4.78, 5) is 2.72. The van der Waals surface area contributed by atoms with Gasteiger partial charge in [0.15, 0.2) is 0 Å². The Morgan fingerprint density at radius 3 is 2.42 bits per heavy atom. The molecule has 2 atom stereocenters. The molecule has 5 rings (SSSR count). The van der Waals surface area contributed by atoms with Crippen molar-refractivity contribution in [3.05, 3.63) is 89.5 Å². The Labute approximate surface area is 156 Å². The van der Waals surface area contributed by atoms with Crippen LogP contribution in [-0.4, -0.2) is 17.0 Å². The first-order chi connectivity index (χ1) is 12.8. The third-order valence-corrected chi connectivity index (χ3v) is 6.24. The fourth-order valence-electron chi connectivity index (χ4n) is 4.89. The predicted molar refractivity (Wildman–Crippen MR) is 110 cm³/mol. The van der Waals surface area contributed by atoms with E-state index in [-0.39, 0.29) is 0 Å². The minimum absolute atomic E-state index is 0.587. The number of rotatable bonds is 3. The first kappa shape index (κ1) is 15.8. The Bertz CT molecular complexity index is 970. The predicted octanol–water partition coefficient (Wildman–Crippen LogP) is 5.97. The molecule has 0 saturated carbocycles. The van der Waals surface area contributed by atoms with E-state index in [4.69, 9.17) is 0 Å². The maximum atomic E-state index is 2.72. The summed E-state index contributed by atoms with van der Waals surface area (Å²) in [7, 11) is 0. The second-order valence-corrected chi connectivity index (χ2v) is 7.83. The number of fused-ring (bicyclic) bond motifs is 3. The highest BCUT2D eigenvalue weighted by atomic mass is 15.2. The summed E-state index contributed by atoms with van der Waals surface area (Å²) in [5.74, 6) is 0. The second-order valence-electron chi connectivity index (χ2n) is 7.83. The second kappa shape index (κ2) is 6.41. The molecule has 3 aromatic rings. The van der Waals surface area contributed by atoms with Crippen LogP contribution in [0.25, 0.3) is 16.3 Å². The van der Waals surface area contributed by atoms with Crippen LogP contribution in [0.5, 0.6) is 0 Å². The van der Waals surface area contributed by atoms with Crippen LogP contribution in [0.3, 0.4) is 0 Å². The average Bonchev–Trinajstić information content (AvgIpc) is 2.90. The highest BCUT2D eigenvalue weighted by Gasteiger charge is 2.36. The normalized spacial score (nSPS) is 22.6. The van der Waals surface area contributed by atoms with Crippen molar-refractivity contribution in [1.29, 1.82) is 0 Å². The topological polar surface area (TPSA) is 3.24 Å². The SMILES string of the molecule is Cc1ccc(C2=CC3CCC(C2)N3Cc2ccccc2)c2ccccc12. The van der Waals surface area contributed by atoms with Gasteiger partial charge >= 0.3 is 0 Å². The van der Waals surface area contributed by atoms with Crippen molar-refractivity contribution in [2.45, 2.75) is 44.8 Å². The van der Waals surface area contributed by atoms with Gasteiger partial charge in [0.05, 0.1) is 0 Å². The number of benzene rings is 3.